The fourth-order valence-electron chi connectivity index (χ4n) is 11.7. The second-order valence-electron chi connectivity index (χ2n) is 18.0. The van der Waals surface area contributed by atoms with E-state index in [9.17, 15) is 14.4 Å². The third kappa shape index (κ3) is 11.1. The van der Waals surface area contributed by atoms with E-state index in [2.05, 4.69) is 41.6 Å². The van der Waals surface area contributed by atoms with Crippen molar-refractivity contribution in [3.63, 3.8) is 0 Å². The van der Waals surface area contributed by atoms with Crippen LogP contribution in [0.1, 0.15) is 138 Å². The number of nitrogens with one attached hydrogen (secondary N) is 3. The molecule has 5 rings (SSSR count). The van der Waals surface area contributed by atoms with Gasteiger partial charge in [0, 0.05) is 44.2 Å². The number of nitrogens with two attached hydrogens (primary N) is 2. The van der Waals surface area contributed by atoms with Crippen LogP contribution < -0.4 is 27.6 Å². The third-order valence-electron chi connectivity index (χ3n) is 14.7. The summed E-state index contributed by atoms with van der Waals surface area (Å²) in [5.74, 6) is 12.5. The molecule has 0 saturated heterocycles. The third-order valence-corrected chi connectivity index (χ3v) is 16.3. The summed E-state index contributed by atoms with van der Waals surface area (Å²) in [6, 6.07) is 0. The average molecular weight is 803 g/mol. The molecule has 0 bridgehead atoms. The molecule has 56 heavy (non-hydrogen) atoms. The summed E-state index contributed by atoms with van der Waals surface area (Å²) in [5.41, 5.74) is 8.61. The summed E-state index contributed by atoms with van der Waals surface area (Å²) in [6.45, 7) is 11.4. The number of aliphatic hydroxyl groups excluding tert-OH is 1. The zero-order valence-corrected chi connectivity index (χ0v) is 35.8. The van der Waals surface area contributed by atoms with Crippen LogP contribution in [0.25, 0.3) is 0 Å². The number of fused-ring (bicyclic) bond motifs is 5. The lowest BCUT2D eigenvalue weighted by atomic mass is 9.45. The van der Waals surface area contributed by atoms with Crippen LogP contribution in [0, 0.1) is 64.1 Å². The van der Waals surface area contributed by atoms with Crippen molar-refractivity contribution in [2.45, 2.75) is 150 Å². The first-order valence-electron chi connectivity index (χ1n) is 20.8. The molecule has 0 radical (unpaired) electrons. The van der Waals surface area contributed by atoms with Crippen LogP contribution in [-0.4, -0.2) is 72.5 Å². The Morgan fingerprint density at radius 1 is 1.05 bits per heavy atom. The highest BCUT2D eigenvalue weighted by Crippen LogP contribution is 2.68. The van der Waals surface area contributed by atoms with E-state index in [1.807, 2.05) is 32.7 Å². The molecule has 320 valence electrons. The van der Waals surface area contributed by atoms with Gasteiger partial charge in [0.15, 0.2) is 0 Å². The van der Waals surface area contributed by atoms with Gasteiger partial charge in [-0.1, -0.05) is 54.4 Å². The molecule has 4 fully saturated rings. The molecule has 11 nitrogen and oxygen atoms in total. The molecule has 5 aliphatic rings. The lowest BCUT2D eigenvalue weighted by molar-refractivity contribution is -0.131. The number of hydrogen-bond donors (Lipinski definition) is 6. The van der Waals surface area contributed by atoms with E-state index < -0.39 is 11.6 Å². The van der Waals surface area contributed by atoms with E-state index >= 15 is 0 Å². The van der Waals surface area contributed by atoms with Gasteiger partial charge in [-0.25, -0.2) is 0 Å². The molecule has 1 aliphatic heterocycles. The summed E-state index contributed by atoms with van der Waals surface area (Å²) < 4.78 is 0. The maximum Gasteiger partial charge on any atom is 0.269 e. The fourth-order valence-corrected chi connectivity index (χ4v) is 13.0. The number of nitrogens with zero attached hydrogens (tertiary/aromatic N) is 1. The number of aliphatic hydroxyl groups is 1. The van der Waals surface area contributed by atoms with Gasteiger partial charge in [0.05, 0.1) is 5.37 Å². The largest absolute Gasteiger partial charge is 0.400 e. The Kier molecular flexibility index (Phi) is 19.9. The van der Waals surface area contributed by atoms with E-state index in [0.717, 1.165) is 61.4 Å². The Labute approximate surface area is 343 Å². The fraction of sp³-hybridized carbons (Fsp3) is 0.818. The maximum atomic E-state index is 13.8. The highest BCUT2D eigenvalue weighted by atomic mass is 32.2. The molecule has 0 spiro atoms. The first-order valence-corrected chi connectivity index (χ1v) is 21.9. The number of hydrazine groups is 1. The highest BCUT2D eigenvalue weighted by molar-refractivity contribution is 8.00. The van der Waals surface area contributed by atoms with Crippen molar-refractivity contribution in [3.8, 4) is 12.3 Å². The molecular formula is C44H78N6O5S. The minimum atomic E-state index is -0.707. The summed E-state index contributed by atoms with van der Waals surface area (Å²) >= 11 is 1.74. The normalized spacial score (nSPS) is 31.8. The standard InChI is InChI=1S/C41H67N5O3S.CH3NO.CH4O.CH4/c1-8-12-34(45-38(49)39(3,4)23-24-43-42)44-36(48)35-27(2)26-50-37(46(35)7)28(25-47)13-11-15-30-17-19-32-31-18-16-29-14-9-10-21-40(29,5)33(31)20-22-41(30,32)6;2-1-3;1-2;/h1,25,28-34,37,43H,9-24,26,42H2,2-7H3,(H,44,48)(H,45,49);1H,(H2,2,3);2H,1H3;1H4. The average Bonchev–Trinajstić information content (AvgIpc) is 3.49. The van der Waals surface area contributed by atoms with Crippen molar-refractivity contribution in [2.75, 3.05) is 26.5 Å². The van der Waals surface area contributed by atoms with Crippen LogP contribution in [0.5, 0.6) is 0 Å². The Hall–Kier alpha value is -2.59. The van der Waals surface area contributed by atoms with Crippen molar-refractivity contribution in [1.29, 1.82) is 0 Å². The topological polar surface area (TPSA) is 180 Å². The van der Waals surface area contributed by atoms with Gasteiger partial charge in [0.25, 0.3) is 5.91 Å². The van der Waals surface area contributed by atoms with Crippen molar-refractivity contribution in [1.82, 2.24) is 21.0 Å². The lowest BCUT2D eigenvalue weighted by Crippen LogP contribution is -2.54. The minimum Gasteiger partial charge on any atom is -0.400 e. The molecule has 8 N–H and O–H groups in total. The molecule has 0 aromatic rings. The SMILES string of the molecule is C.C#CCC(NC(=O)C1=C(C)CSC(C(C=O)CCCC2CCC3C4CCC5CCCCC5(C)C4CCC23C)N1C)NC(=O)C(C)(C)CCNN.CO.NC=O. The summed E-state index contributed by atoms with van der Waals surface area (Å²) in [4.78, 5) is 50.1. The lowest BCUT2D eigenvalue weighted by Gasteiger charge is -2.60. The van der Waals surface area contributed by atoms with E-state index in [-0.39, 0.29) is 43.4 Å². The number of aldehydes is 1. The Morgan fingerprint density at radius 2 is 1.73 bits per heavy atom. The monoisotopic (exact) mass is 803 g/mol. The van der Waals surface area contributed by atoms with Crippen molar-refractivity contribution < 1.29 is 24.3 Å². The van der Waals surface area contributed by atoms with Crippen molar-refractivity contribution in [3.05, 3.63) is 11.3 Å². The number of carbonyl (C=O) groups is 4. The zero-order valence-electron chi connectivity index (χ0n) is 35.0. The van der Waals surface area contributed by atoms with Crippen molar-refractivity contribution >= 4 is 36.3 Å². The van der Waals surface area contributed by atoms with Crippen LogP contribution in [0.4, 0.5) is 0 Å². The number of amides is 3. The van der Waals surface area contributed by atoms with Crippen LogP contribution in [0.15, 0.2) is 11.3 Å². The number of rotatable bonds is 14. The Bertz CT molecular complexity index is 1370. The predicted molar refractivity (Wildman–Crippen MR) is 229 cm³/mol. The molecule has 0 aromatic heterocycles. The first kappa shape index (κ1) is 49.6. The quantitative estimate of drug-likeness (QED) is 0.0398. The van der Waals surface area contributed by atoms with Gasteiger partial charge in [-0.3, -0.25) is 25.7 Å². The maximum absolute atomic E-state index is 13.8. The number of hydrogen-bond acceptors (Lipinski definition) is 9. The van der Waals surface area contributed by atoms with Gasteiger partial charge in [0.1, 0.15) is 18.1 Å². The number of primary amides is 1. The van der Waals surface area contributed by atoms with Crippen LogP contribution >= 0.6 is 11.8 Å². The van der Waals surface area contributed by atoms with E-state index in [4.69, 9.17) is 22.2 Å². The highest BCUT2D eigenvalue weighted by Gasteiger charge is 2.59. The molecule has 10 atom stereocenters. The minimum absolute atomic E-state index is 0. The summed E-state index contributed by atoms with van der Waals surface area (Å²) in [5, 5.41) is 12.8. The van der Waals surface area contributed by atoms with Crippen molar-refractivity contribution in [2.24, 2.45) is 63.3 Å². The van der Waals surface area contributed by atoms with Gasteiger partial charge in [-0.2, -0.15) is 0 Å². The van der Waals surface area contributed by atoms with Gasteiger partial charge >= 0.3 is 0 Å². The zero-order chi connectivity index (χ0) is 41.0. The molecule has 10 unspecified atom stereocenters. The number of thioether (sulfide) groups is 1. The van der Waals surface area contributed by atoms with Gasteiger partial charge in [0.2, 0.25) is 12.3 Å². The molecule has 12 heteroatoms. The molecule has 4 aliphatic carbocycles. The number of likely N-dealkylation sites (N-methyl/N-ethyl adjacent to an activating group) is 1. The molecular weight excluding hydrogens is 725 g/mol. The first-order chi connectivity index (χ1) is 26.2. The molecule has 0 aromatic carbocycles. The second kappa shape index (κ2) is 22.5. The molecule has 3 amide bonds. The molecule has 4 saturated carbocycles. The summed E-state index contributed by atoms with van der Waals surface area (Å²) in [6.07, 6.45) is 24.4. The van der Waals surface area contributed by atoms with E-state index in [1.165, 1.54) is 70.6 Å². The predicted octanol–water partition coefficient (Wildman–Crippen LogP) is 6.11. The van der Waals surface area contributed by atoms with Gasteiger partial charge < -0.3 is 31.2 Å². The second-order valence-corrected chi connectivity index (χ2v) is 19.1. The van der Waals surface area contributed by atoms with Gasteiger partial charge in [-0.05, 0) is 124 Å². The number of carbonyl (C=O) groups excluding carboxylic acids is 4. The molecule has 1 heterocycles. The van der Waals surface area contributed by atoms with Crippen LogP contribution in [0.3, 0.4) is 0 Å². The Balaban J connectivity index is 0.00000172. The van der Waals surface area contributed by atoms with E-state index in [0.29, 0.717) is 35.2 Å². The summed E-state index contributed by atoms with van der Waals surface area (Å²) in [7, 11) is 2.92. The van der Waals surface area contributed by atoms with E-state index in [1.54, 1.807) is 11.8 Å². The smallest absolute Gasteiger partial charge is 0.269 e. The Morgan fingerprint density at radius 3 is 2.38 bits per heavy atom. The van der Waals surface area contributed by atoms with Gasteiger partial charge in [-0.15, -0.1) is 24.1 Å². The number of terminal acetylenes is 1. The van der Waals surface area contributed by atoms with Crippen LogP contribution in [-0.2, 0) is 19.2 Å². The van der Waals surface area contributed by atoms with Crippen LogP contribution in [0.2, 0.25) is 0 Å².